The number of hydrogen-bond acceptors (Lipinski definition) is 6. The zero-order valence-corrected chi connectivity index (χ0v) is 17.7. The van der Waals surface area contributed by atoms with Crippen LogP contribution in [-0.4, -0.2) is 24.5 Å². The van der Waals surface area contributed by atoms with Gasteiger partial charge in [0.2, 0.25) is 0 Å². The Morgan fingerprint density at radius 1 is 1.14 bits per heavy atom. The number of aromatic nitrogens is 1. The molecule has 0 spiro atoms. The van der Waals surface area contributed by atoms with Crippen LogP contribution in [0.5, 0.6) is 0 Å². The Balaban J connectivity index is 1.59. The van der Waals surface area contributed by atoms with E-state index in [0.29, 0.717) is 5.69 Å². The van der Waals surface area contributed by atoms with Crippen LogP contribution in [0, 0.1) is 0 Å². The summed E-state index contributed by atoms with van der Waals surface area (Å²) in [6.45, 7) is 2.87. The van der Waals surface area contributed by atoms with E-state index >= 15 is 0 Å². The number of sulfonamides is 1. The van der Waals surface area contributed by atoms with Gasteiger partial charge in [0.15, 0.2) is 5.76 Å². The molecule has 0 radical (unpaired) electrons. The van der Waals surface area contributed by atoms with Gasteiger partial charge in [0.1, 0.15) is 5.60 Å². The number of nitrogens with zero attached hydrogens (tertiary/aromatic N) is 1. The van der Waals surface area contributed by atoms with E-state index < -0.39 is 26.9 Å². The van der Waals surface area contributed by atoms with Gasteiger partial charge in [0.05, 0.1) is 6.20 Å². The highest BCUT2D eigenvalue weighted by Gasteiger charge is 2.31. The molecular formula is C19H22ClN3O5S. The molecule has 8 nitrogen and oxygen atoms in total. The van der Waals surface area contributed by atoms with Gasteiger partial charge < -0.3 is 14.8 Å². The molecule has 2 aliphatic rings. The minimum atomic E-state index is -4.33. The second-order valence-electron chi connectivity index (χ2n) is 7.92. The second-order valence-corrected chi connectivity index (χ2v) is 9.86. The topological polar surface area (TPSA) is 122 Å². The number of anilines is 1. The smallest absolute Gasteiger partial charge is 0.336 e. The number of amides is 2. The zero-order valence-electron chi connectivity index (χ0n) is 16.1. The molecule has 2 amide bonds. The lowest BCUT2D eigenvalue weighted by atomic mass is 9.98. The van der Waals surface area contributed by atoms with Crippen molar-refractivity contribution in [3.8, 4) is 0 Å². The van der Waals surface area contributed by atoms with Gasteiger partial charge in [-0.2, -0.15) is 8.42 Å². The number of carbonyl (C=O) groups is 1. The number of benzene rings is 1. The van der Waals surface area contributed by atoms with Crippen LogP contribution < -0.4 is 10.0 Å². The molecule has 3 N–H and O–H groups in total. The fourth-order valence-electron chi connectivity index (χ4n) is 4.01. The maximum Gasteiger partial charge on any atom is 0.336 e. The van der Waals surface area contributed by atoms with Crippen LogP contribution in [0.4, 0.5) is 10.5 Å². The van der Waals surface area contributed by atoms with E-state index in [0.717, 1.165) is 72.0 Å². The van der Waals surface area contributed by atoms with Crippen molar-refractivity contribution in [1.29, 1.82) is 0 Å². The van der Waals surface area contributed by atoms with E-state index in [2.05, 4.69) is 10.3 Å². The lowest BCUT2D eigenvalue weighted by Crippen LogP contribution is -2.35. The maximum absolute atomic E-state index is 12.5. The quantitative estimate of drug-likeness (QED) is 0.673. The summed E-state index contributed by atoms with van der Waals surface area (Å²) in [5, 5.41) is 12.7. The summed E-state index contributed by atoms with van der Waals surface area (Å²) < 4.78 is 32.0. The van der Waals surface area contributed by atoms with E-state index in [1.54, 1.807) is 0 Å². The molecule has 2 aliphatic carbocycles. The minimum Gasteiger partial charge on any atom is -0.429 e. The van der Waals surface area contributed by atoms with Gasteiger partial charge >= 0.3 is 21.3 Å². The molecule has 0 fully saturated rings. The van der Waals surface area contributed by atoms with Gasteiger partial charge in [-0.3, -0.25) is 0 Å². The van der Waals surface area contributed by atoms with E-state index in [-0.39, 0.29) is 5.76 Å². The van der Waals surface area contributed by atoms with Gasteiger partial charge in [-0.15, -0.1) is 0 Å². The average molecular weight is 440 g/mol. The lowest BCUT2D eigenvalue weighted by molar-refractivity contribution is 0.0500. The number of oxazole rings is 1. The second kappa shape index (κ2) is 7.00. The van der Waals surface area contributed by atoms with Crippen molar-refractivity contribution in [2.24, 2.45) is 0 Å². The van der Waals surface area contributed by atoms with Gasteiger partial charge in [0, 0.05) is 10.7 Å². The predicted octanol–water partition coefficient (Wildman–Crippen LogP) is 3.04. The molecule has 1 aromatic carbocycles. The highest BCUT2D eigenvalue weighted by Crippen LogP contribution is 2.44. The third-order valence-electron chi connectivity index (χ3n) is 5.35. The first kappa shape index (κ1) is 20.2. The van der Waals surface area contributed by atoms with Gasteiger partial charge in [0.25, 0.3) is 0 Å². The van der Waals surface area contributed by atoms with Gasteiger partial charge in [-0.05, 0) is 74.6 Å². The summed E-state index contributed by atoms with van der Waals surface area (Å²) in [4.78, 5) is 16.2. The molecule has 0 aliphatic heterocycles. The van der Waals surface area contributed by atoms with Crippen molar-refractivity contribution in [2.45, 2.75) is 63.2 Å². The highest BCUT2D eigenvalue weighted by atomic mass is 35.5. The molecule has 1 aromatic heterocycles. The van der Waals surface area contributed by atoms with Crippen molar-refractivity contribution >= 4 is 33.3 Å². The number of aliphatic hydroxyl groups is 1. The fourth-order valence-corrected chi connectivity index (χ4v) is 5.20. The summed E-state index contributed by atoms with van der Waals surface area (Å²) in [6.07, 6.45) is 6.30. The van der Waals surface area contributed by atoms with Crippen LogP contribution in [0.3, 0.4) is 0 Å². The fraction of sp³-hybridized carbons (Fsp3) is 0.474. The van der Waals surface area contributed by atoms with E-state index in [1.807, 2.05) is 4.72 Å². The van der Waals surface area contributed by atoms with Crippen LogP contribution in [0.15, 0.2) is 15.8 Å². The van der Waals surface area contributed by atoms with Crippen LogP contribution in [0.1, 0.15) is 54.7 Å². The van der Waals surface area contributed by atoms with Crippen molar-refractivity contribution in [1.82, 2.24) is 9.71 Å². The van der Waals surface area contributed by atoms with Gasteiger partial charge in [-0.1, -0.05) is 11.6 Å². The summed E-state index contributed by atoms with van der Waals surface area (Å²) in [6, 6.07) is -0.890. The predicted molar refractivity (Wildman–Crippen MR) is 107 cm³/mol. The van der Waals surface area contributed by atoms with Crippen LogP contribution in [0.25, 0.3) is 0 Å². The van der Waals surface area contributed by atoms with Crippen molar-refractivity contribution < 1.29 is 22.7 Å². The SMILES string of the molecule is CC(C)(O)c1cnc(S(=O)(=O)NC(=O)Nc2c3c(c(Cl)c4c2CCC4)CCC3)o1. The summed E-state index contributed by atoms with van der Waals surface area (Å²) in [5.74, 6) is -0.0216. The molecular weight excluding hydrogens is 418 g/mol. The number of carbonyl (C=O) groups excluding carboxylic acids is 1. The number of urea groups is 1. The number of hydrogen-bond donors (Lipinski definition) is 3. The summed E-state index contributed by atoms with van der Waals surface area (Å²) >= 11 is 6.57. The van der Waals surface area contributed by atoms with E-state index in [1.165, 1.54) is 13.8 Å². The standard InChI is InChI=1S/C19H22ClN3O5S/c1-19(2,25)14-9-21-18(28-14)29(26,27)23-17(24)22-16-12-7-3-5-10(12)15(20)11-6-4-8-13(11)16/h9,25H,3-8H2,1-2H3,(H2,22,23,24). The molecule has 29 heavy (non-hydrogen) atoms. The molecule has 0 bridgehead atoms. The number of halogens is 1. The molecule has 1 heterocycles. The third kappa shape index (κ3) is 3.62. The van der Waals surface area contributed by atoms with E-state index in [9.17, 15) is 18.3 Å². The minimum absolute atomic E-state index is 0.0216. The van der Waals surface area contributed by atoms with Gasteiger partial charge in [-0.25, -0.2) is 14.5 Å². The Morgan fingerprint density at radius 3 is 2.21 bits per heavy atom. The molecule has 4 rings (SSSR count). The lowest BCUT2D eigenvalue weighted by Gasteiger charge is -2.18. The largest absolute Gasteiger partial charge is 0.429 e. The Kier molecular flexibility index (Phi) is 4.87. The van der Waals surface area contributed by atoms with Crippen LogP contribution in [-0.2, 0) is 41.3 Å². The Labute approximate surface area is 173 Å². The molecule has 0 unspecified atom stereocenters. The number of rotatable bonds is 4. The van der Waals surface area contributed by atoms with Crippen LogP contribution in [0.2, 0.25) is 5.02 Å². The van der Waals surface area contributed by atoms with Crippen molar-refractivity contribution in [3.05, 3.63) is 39.2 Å². The summed E-state index contributed by atoms with van der Waals surface area (Å²) in [5.41, 5.74) is 3.35. The first-order valence-corrected chi connectivity index (χ1v) is 11.3. The third-order valence-corrected chi connectivity index (χ3v) is 6.91. The molecule has 0 saturated heterocycles. The summed E-state index contributed by atoms with van der Waals surface area (Å²) in [7, 11) is -4.33. The molecule has 2 aromatic rings. The number of nitrogens with one attached hydrogen (secondary N) is 2. The first-order valence-electron chi connectivity index (χ1n) is 9.45. The molecule has 0 saturated carbocycles. The Bertz CT molecular complexity index is 1070. The monoisotopic (exact) mass is 439 g/mol. The maximum atomic E-state index is 12.5. The van der Waals surface area contributed by atoms with E-state index in [4.69, 9.17) is 16.0 Å². The normalized spacial score (nSPS) is 15.9. The number of fused-ring (bicyclic) bond motifs is 2. The molecule has 10 heteroatoms. The Hall–Kier alpha value is -2.10. The highest BCUT2D eigenvalue weighted by molar-refractivity contribution is 7.89. The average Bonchev–Trinajstić information content (AvgIpc) is 3.37. The first-order chi connectivity index (χ1) is 13.6. The zero-order chi connectivity index (χ0) is 21.0. The van der Waals surface area contributed by atoms with Crippen molar-refractivity contribution in [2.75, 3.05) is 5.32 Å². The molecule has 156 valence electrons. The Morgan fingerprint density at radius 2 is 1.69 bits per heavy atom. The van der Waals surface area contributed by atoms with Crippen molar-refractivity contribution in [3.63, 3.8) is 0 Å². The van der Waals surface area contributed by atoms with Crippen LogP contribution >= 0.6 is 11.6 Å². The molecule has 0 atom stereocenters.